The van der Waals surface area contributed by atoms with E-state index in [0.717, 1.165) is 57.8 Å². The van der Waals surface area contributed by atoms with Crippen LogP contribution in [0, 0.1) is 0 Å². The quantitative estimate of drug-likeness (QED) is 0.764. The molecule has 0 saturated carbocycles. The van der Waals surface area contributed by atoms with E-state index in [-0.39, 0.29) is 5.91 Å². The van der Waals surface area contributed by atoms with Crippen LogP contribution >= 0.6 is 0 Å². The summed E-state index contributed by atoms with van der Waals surface area (Å²) < 4.78 is 0. The molecule has 2 fully saturated rings. The molecule has 1 amide bonds. The molecule has 5 nitrogen and oxygen atoms in total. The van der Waals surface area contributed by atoms with E-state index in [1.807, 2.05) is 12.1 Å². The fraction of sp³-hybridized carbons (Fsp3) is 0.650. The standard InChI is InChI=1S/C20H32N4O/c1-22-13-15-23(16-14-22)12-4-9-21-20(25)19-7-5-18(6-8-19)17-24-10-2-3-11-24/h5-8H,2-4,9-17H2,1H3,(H,21,25). The number of benzene rings is 1. The minimum atomic E-state index is 0.0473. The van der Waals surface area contributed by atoms with Gasteiger partial charge in [0.05, 0.1) is 0 Å². The minimum Gasteiger partial charge on any atom is -0.352 e. The van der Waals surface area contributed by atoms with Gasteiger partial charge < -0.3 is 15.1 Å². The fourth-order valence-electron chi connectivity index (χ4n) is 3.64. The summed E-state index contributed by atoms with van der Waals surface area (Å²) in [6.07, 6.45) is 3.64. The van der Waals surface area contributed by atoms with Crippen molar-refractivity contribution in [3.8, 4) is 0 Å². The highest BCUT2D eigenvalue weighted by molar-refractivity contribution is 5.94. The second-order valence-electron chi connectivity index (χ2n) is 7.43. The largest absolute Gasteiger partial charge is 0.352 e. The van der Waals surface area contributed by atoms with Gasteiger partial charge in [0.2, 0.25) is 0 Å². The number of carbonyl (C=O) groups excluding carboxylic acids is 1. The summed E-state index contributed by atoms with van der Waals surface area (Å²) in [4.78, 5) is 19.6. The number of rotatable bonds is 7. The van der Waals surface area contributed by atoms with Gasteiger partial charge in [0.1, 0.15) is 0 Å². The molecule has 2 heterocycles. The predicted molar refractivity (Wildman–Crippen MR) is 102 cm³/mol. The van der Waals surface area contributed by atoms with Crippen LogP contribution in [0.15, 0.2) is 24.3 Å². The molecule has 0 radical (unpaired) electrons. The third kappa shape index (κ3) is 5.80. The summed E-state index contributed by atoms with van der Waals surface area (Å²) in [6, 6.07) is 8.11. The van der Waals surface area contributed by atoms with Gasteiger partial charge in [-0.2, -0.15) is 0 Å². The van der Waals surface area contributed by atoms with Crippen molar-refractivity contribution in [2.75, 3.05) is 59.4 Å². The number of hydrogen-bond acceptors (Lipinski definition) is 4. The van der Waals surface area contributed by atoms with Crippen LogP contribution in [-0.4, -0.2) is 80.0 Å². The lowest BCUT2D eigenvalue weighted by atomic mass is 10.1. The normalized spacial score (nSPS) is 20.0. The lowest BCUT2D eigenvalue weighted by Crippen LogP contribution is -2.45. The summed E-state index contributed by atoms with van der Waals surface area (Å²) in [7, 11) is 2.17. The van der Waals surface area contributed by atoms with Gasteiger partial charge in [-0.25, -0.2) is 0 Å². The number of piperazine rings is 1. The van der Waals surface area contributed by atoms with E-state index < -0.39 is 0 Å². The molecule has 0 aromatic heterocycles. The Morgan fingerprint density at radius 3 is 2.32 bits per heavy atom. The molecule has 25 heavy (non-hydrogen) atoms. The zero-order valence-electron chi connectivity index (χ0n) is 15.5. The summed E-state index contributed by atoms with van der Waals surface area (Å²) in [5.74, 6) is 0.0473. The molecular weight excluding hydrogens is 312 g/mol. The highest BCUT2D eigenvalue weighted by atomic mass is 16.1. The van der Waals surface area contributed by atoms with E-state index in [2.05, 4.69) is 39.2 Å². The third-order valence-electron chi connectivity index (χ3n) is 5.35. The van der Waals surface area contributed by atoms with Gasteiger partial charge in [-0.15, -0.1) is 0 Å². The first-order valence-corrected chi connectivity index (χ1v) is 9.71. The van der Waals surface area contributed by atoms with Gasteiger partial charge in [-0.05, 0) is 63.6 Å². The lowest BCUT2D eigenvalue weighted by molar-refractivity contribution is 0.0949. The van der Waals surface area contributed by atoms with Crippen molar-refractivity contribution in [3.63, 3.8) is 0 Å². The van der Waals surface area contributed by atoms with Gasteiger partial charge in [0, 0.05) is 44.8 Å². The van der Waals surface area contributed by atoms with Crippen molar-refractivity contribution in [3.05, 3.63) is 35.4 Å². The number of carbonyl (C=O) groups is 1. The molecular formula is C20H32N4O. The van der Waals surface area contributed by atoms with Crippen LogP contribution in [0.5, 0.6) is 0 Å². The van der Waals surface area contributed by atoms with Crippen LogP contribution in [0.3, 0.4) is 0 Å². The fourth-order valence-corrected chi connectivity index (χ4v) is 3.64. The van der Waals surface area contributed by atoms with Crippen molar-refractivity contribution < 1.29 is 4.79 Å². The van der Waals surface area contributed by atoms with Gasteiger partial charge >= 0.3 is 0 Å². The molecule has 0 unspecified atom stereocenters. The average Bonchev–Trinajstić information content (AvgIpc) is 3.14. The van der Waals surface area contributed by atoms with Crippen LogP contribution in [0.2, 0.25) is 0 Å². The number of likely N-dealkylation sites (tertiary alicyclic amines) is 1. The number of amides is 1. The molecule has 0 bridgehead atoms. The molecule has 0 aliphatic carbocycles. The molecule has 1 aromatic rings. The van der Waals surface area contributed by atoms with Crippen molar-refractivity contribution in [2.24, 2.45) is 0 Å². The SMILES string of the molecule is CN1CCN(CCCNC(=O)c2ccc(CN3CCCC3)cc2)CC1. The van der Waals surface area contributed by atoms with Crippen LogP contribution < -0.4 is 5.32 Å². The number of nitrogens with zero attached hydrogens (tertiary/aromatic N) is 3. The topological polar surface area (TPSA) is 38.8 Å². The number of nitrogens with one attached hydrogen (secondary N) is 1. The highest BCUT2D eigenvalue weighted by Gasteiger charge is 2.14. The summed E-state index contributed by atoms with van der Waals surface area (Å²) >= 11 is 0. The summed E-state index contributed by atoms with van der Waals surface area (Å²) in [5, 5.41) is 3.05. The Bertz CT molecular complexity index is 531. The Labute approximate surface area is 152 Å². The summed E-state index contributed by atoms with van der Waals surface area (Å²) in [6.45, 7) is 9.82. The highest BCUT2D eigenvalue weighted by Crippen LogP contribution is 2.13. The predicted octanol–water partition coefficient (Wildman–Crippen LogP) is 1.65. The average molecular weight is 345 g/mol. The molecule has 3 rings (SSSR count). The van der Waals surface area contributed by atoms with E-state index in [1.54, 1.807) is 0 Å². The Morgan fingerprint density at radius 1 is 0.960 bits per heavy atom. The van der Waals surface area contributed by atoms with Crippen LogP contribution in [0.25, 0.3) is 0 Å². The smallest absolute Gasteiger partial charge is 0.251 e. The number of hydrogen-bond donors (Lipinski definition) is 1. The molecule has 1 N–H and O–H groups in total. The van der Waals surface area contributed by atoms with E-state index in [1.165, 1.54) is 31.5 Å². The van der Waals surface area contributed by atoms with Gasteiger partial charge in [-0.1, -0.05) is 12.1 Å². The monoisotopic (exact) mass is 344 g/mol. The molecule has 2 aliphatic heterocycles. The molecule has 1 aromatic carbocycles. The zero-order valence-corrected chi connectivity index (χ0v) is 15.5. The van der Waals surface area contributed by atoms with Crippen LogP contribution in [0.4, 0.5) is 0 Å². The summed E-state index contributed by atoms with van der Waals surface area (Å²) in [5.41, 5.74) is 2.07. The lowest BCUT2D eigenvalue weighted by Gasteiger charge is -2.32. The van der Waals surface area contributed by atoms with E-state index in [9.17, 15) is 4.79 Å². The maximum absolute atomic E-state index is 12.3. The van der Waals surface area contributed by atoms with E-state index >= 15 is 0 Å². The maximum Gasteiger partial charge on any atom is 0.251 e. The molecule has 138 valence electrons. The minimum absolute atomic E-state index is 0.0473. The maximum atomic E-state index is 12.3. The molecule has 0 spiro atoms. The Hall–Kier alpha value is -1.43. The molecule has 5 heteroatoms. The second kappa shape index (κ2) is 9.32. The Balaban J connectivity index is 1.34. The first-order valence-electron chi connectivity index (χ1n) is 9.71. The Morgan fingerprint density at radius 2 is 1.64 bits per heavy atom. The first kappa shape index (κ1) is 18.4. The van der Waals surface area contributed by atoms with Crippen LogP contribution in [-0.2, 0) is 6.54 Å². The van der Waals surface area contributed by atoms with Crippen molar-refractivity contribution in [1.82, 2.24) is 20.0 Å². The first-order chi connectivity index (χ1) is 12.2. The van der Waals surface area contributed by atoms with Crippen molar-refractivity contribution in [2.45, 2.75) is 25.8 Å². The second-order valence-corrected chi connectivity index (χ2v) is 7.43. The van der Waals surface area contributed by atoms with Crippen molar-refractivity contribution in [1.29, 1.82) is 0 Å². The molecule has 0 atom stereocenters. The van der Waals surface area contributed by atoms with Gasteiger partial charge in [0.25, 0.3) is 5.91 Å². The third-order valence-corrected chi connectivity index (χ3v) is 5.35. The van der Waals surface area contributed by atoms with Gasteiger partial charge in [0.15, 0.2) is 0 Å². The molecule has 2 saturated heterocycles. The van der Waals surface area contributed by atoms with Gasteiger partial charge in [-0.3, -0.25) is 9.69 Å². The van der Waals surface area contributed by atoms with Crippen LogP contribution in [0.1, 0.15) is 35.2 Å². The Kier molecular flexibility index (Phi) is 6.84. The number of likely N-dealkylation sites (N-methyl/N-ethyl adjacent to an activating group) is 1. The van der Waals surface area contributed by atoms with E-state index in [4.69, 9.17) is 0 Å². The zero-order chi connectivity index (χ0) is 17.5. The van der Waals surface area contributed by atoms with Crippen molar-refractivity contribution >= 4 is 5.91 Å². The molecule has 2 aliphatic rings. The van der Waals surface area contributed by atoms with E-state index in [0.29, 0.717) is 0 Å².